The van der Waals surface area contributed by atoms with Crippen LogP contribution in [0.15, 0.2) is 231 Å². The van der Waals surface area contributed by atoms with E-state index >= 15 is 0 Å². The molecule has 0 aliphatic carbocycles. The van der Waals surface area contributed by atoms with E-state index in [4.69, 9.17) is 17.0 Å². The maximum atomic E-state index is 4.93. The third-order valence-electron chi connectivity index (χ3n) is 12.0. The molecular weight excluding hydrogens is 997 g/mol. The van der Waals surface area contributed by atoms with Crippen molar-refractivity contribution in [1.82, 2.24) is 0 Å². The van der Waals surface area contributed by atoms with E-state index in [9.17, 15) is 0 Å². The molecule has 10 aromatic carbocycles. The summed E-state index contributed by atoms with van der Waals surface area (Å²) in [5.74, 6) is 0.844. The van der Waals surface area contributed by atoms with Gasteiger partial charge in [-0.3, -0.25) is 0 Å². The van der Waals surface area contributed by atoms with E-state index in [0.717, 1.165) is 39.0 Å². The Bertz CT molecular complexity index is 2750. The van der Waals surface area contributed by atoms with Crippen LogP contribution in [0.1, 0.15) is 45.2 Å². The molecule has 338 valence electrons. The van der Waals surface area contributed by atoms with Crippen LogP contribution in [-0.2, 0) is 20.8 Å². The fraction of sp³-hybridized carbons (Fsp3) is 0.129. The van der Waals surface area contributed by atoms with Crippen molar-refractivity contribution >= 4 is 75.9 Å². The predicted molar refractivity (Wildman–Crippen MR) is 304 cm³/mol. The first-order valence-corrected chi connectivity index (χ1v) is 33.9. The van der Waals surface area contributed by atoms with E-state index in [0.29, 0.717) is 11.8 Å². The summed E-state index contributed by atoms with van der Waals surface area (Å²) in [5.41, 5.74) is 13.5. The molecule has 10 rings (SSSR count). The van der Waals surface area contributed by atoms with Gasteiger partial charge >= 0.3 is 37.9 Å². The standard InChI is InChI=1S/2C30H26P.C2H6Si.2ClH.Zr/c2*1-22-18-25-15-9-17-28(29(25)19-22)26-14-8-16-27(20-26)31-21-30(23-10-4-2-5-11-23)24-12-6-3-7-13-24;1-3-2;;;/h2*2-20,30-31H,21H2,1H3;1-2H3;2*1H;/q2*-1;;;;+4/p-2. The molecule has 68 heavy (non-hydrogen) atoms. The molecule has 0 saturated heterocycles. The Morgan fingerprint density at radius 1 is 0.426 bits per heavy atom. The third kappa shape index (κ3) is 14.3. The Morgan fingerprint density at radius 3 is 1.06 bits per heavy atom. The molecular formula is C62H58Cl2P2SiZr. The summed E-state index contributed by atoms with van der Waals surface area (Å²) in [4.78, 5) is 0. The van der Waals surface area contributed by atoms with Crippen molar-refractivity contribution in [2.75, 3.05) is 12.3 Å². The van der Waals surface area contributed by atoms with Crippen LogP contribution in [0.4, 0.5) is 0 Å². The molecule has 2 radical (unpaired) electrons. The topological polar surface area (TPSA) is 0 Å². The summed E-state index contributed by atoms with van der Waals surface area (Å²) < 4.78 is 0. The summed E-state index contributed by atoms with van der Waals surface area (Å²) >= 11 is -0.826. The molecule has 10 aromatic rings. The molecule has 0 bridgehead atoms. The van der Waals surface area contributed by atoms with Gasteiger partial charge in [0, 0.05) is 21.4 Å². The molecule has 0 aromatic heterocycles. The van der Waals surface area contributed by atoms with Gasteiger partial charge in [-0.05, 0) is 68.4 Å². The number of hydrogen-bond acceptors (Lipinski definition) is 0. The number of hydrogen-bond donors (Lipinski definition) is 0. The van der Waals surface area contributed by atoms with Crippen molar-refractivity contribution in [2.24, 2.45) is 0 Å². The van der Waals surface area contributed by atoms with Gasteiger partial charge in [-0.15, -0.1) is 69.1 Å². The van der Waals surface area contributed by atoms with Crippen molar-refractivity contribution in [1.29, 1.82) is 0 Å². The molecule has 0 aliphatic heterocycles. The number of aryl methyl sites for hydroxylation is 2. The first-order chi connectivity index (χ1) is 33.4. The average molecular weight is 1060 g/mol. The molecule has 0 saturated carbocycles. The van der Waals surface area contributed by atoms with Gasteiger partial charge in [0.25, 0.3) is 0 Å². The van der Waals surface area contributed by atoms with Gasteiger partial charge in [0.05, 0.1) is 0 Å². The van der Waals surface area contributed by atoms with Gasteiger partial charge in [-0.25, -0.2) is 0 Å². The fourth-order valence-electron chi connectivity index (χ4n) is 8.90. The normalized spacial score (nSPS) is 11.1. The molecule has 0 N–H and O–H groups in total. The van der Waals surface area contributed by atoms with Gasteiger partial charge in [-0.1, -0.05) is 225 Å². The van der Waals surface area contributed by atoms with E-state index in [1.54, 1.807) is 0 Å². The van der Waals surface area contributed by atoms with Crippen molar-refractivity contribution in [3.63, 3.8) is 0 Å². The summed E-state index contributed by atoms with van der Waals surface area (Å²) in [6.07, 6.45) is 2.24. The van der Waals surface area contributed by atoms with E-state index in [2.05, 4.69) is 257 Å². The van der Waals surface area contributed by atoms with Crippen LogP contribution in [0.25, 0.3) is 43.8 Å². The molecule has 2 atom stereocenters. The summed E-state index contributed by atoms with van der Waals surface area (Å²) in [7, 11) is 12.5. The zero-order valence-electron chi connectivity index (χ0n) is 39.3. The second kappa shape index (κ2) is 27.1. The number of rotatable bonds is 12. The second-order valence-electron chi connectivity index (χ2n) is 16.9. The van der Waals surface area contributed by atoms with E-state index in [-0.39, 0.29) is 0 Å². The summed E-state index contributed by atoms with van der Waals surface area (Å²) in [6.45, 7) is 8.66. The molecule has 6 heteroatoms. The quantitative estimate of drug-likeness (QED) is 0.0650. The summed E-state index contributed by atoms with van der Waals surface area (Å²) in [6, 6.07) is 84.4. The van der Waals surface area contributed by atoms with E-state index in [1.165, 1.54) is 87.8 Å². The Kier molecular flexibility index (Phi) is 20.4. The Morgan fingerprint density at radius 2 is 0.735 bits per heavy atom. The molecule has 0 nitrogen and oxygen atoms in total. The first kappa shape index (κ1) is 51.4. The predicted octanol–water partition coefficient (Wildman–Crippen LogP) is 17.5. The average Bonchev–Trinajstić information content (AvgIpc) is 3.97. The minimum absolute atomic E-state index is 0.422. The molecule has 0 spiro atoms. The van der Waals surface area contributed by atoms with Crippen LogP contribution in [0.3, 0.4) is 0 Å². The number of fused-ring (bicyclic) bond motifs is 2. The maximum absolute atomic E-state index is 4.93. The first-order valence-electron chi connectivity index (χ1n) is 23.1. The van der Waals surface area contributed by atoms with Crippen molar-refractivity contribution in [2.45, 2.75) is 38.8 Å². The minimum atomic E-state index is -0.826. The van der Waals surface area contributed by atoms with Gasteiger partial charge < -0.3 is 0 Å². The second-order valence-corrected chi connectivity index (χ2v) is 24.3. The van der Waals surface area contributed by atoms with Gasteiger partial charge in [0.15, 0.2) is 0 Å². The zero-order valence-corrected chi connectivity index (χ0v) is 46.2. The van der Waals surface area contributed by atoms with Crippen LogP contribution in [0.2, 0.25) is 13.1 Å². The SMILES string of the molecule is C[Si]C.Cc1cc2c(-c3cccc(PCC(c4ccccc4)c4ccccc4)c3)cccc2[cH-]1.Cc1cc2c(-c3cccc(PCC(c4ccccc4)c4ccccc4)c3)cccc2[cH-]1.[Cl][Zr+2][Cl]. The van der Waals surface area contributed by atoms with Gasteiger partial charge in [0.2, 0.25) is 0 Å². The third-order valence-corrected chi connectivity index (χ3v) is 14.6. The van der Waals surface area contributed by atoms with E-state index < -0.39 is 20.8 Å². The van der Waals surface area contributed by atoms with Crippen molar-refractivity contribution in [3.8, 4) is 22.3 Å². The molecule has 2 unspecified atom stereocenters. The van der Waals surface area contributed by atoms with Crippen LogP contribution in [0, 0.1) is 13.8 Å². The molecule has 0 aliphatic rings. The van der Waals surface area contributed by atoms with Crippen LogP contribution in [-0.4, -0.2) is 21.8 Å². The zero-order chi connectivity index (χ0) is 47.5. The Labute approximate surface area is 430 Å². The molecule has 0 fully saturated rings. The van der Waals surface area contributed by atoms with Crippen LogP contribution < -0.4 is 10.6 Å². The van der Waals surface area contributed by atoms with E-state index in [1.807, 2.05) is 0 Å². The van der Waals surface area contributed by atoms with Crippen molar-refractivity contribution in [3.05, 3.63) is 264 Å². The van der Waals surface area contributed by atoms with Gasteiger partial charge in [-0.2, -0.15) is 12.1 Å². The Hall–Kier alpha value is -4.48. The molecule has 0 heterocycles. The molecule has 0 amide bonds. The van der Waals surface area contributed by atoms with Crippen molar-refractivity contribution < 1.29 is 20.8 Å². The Balaban J connectivity index is 0.000000181. The monoisotopic (exact) mass is 1050 g/mol. The van der Waals surface area contributed by atoms with Gasteiger partial charge in [0.1, 0.15) is 0 Å². The van der Waals surface area contributed by atoms with Crippen LogP contribution in [0.5, 0.6) is 0 Å². The number of benzene rings is 8. The number of halogens is 2. The fourth-order valence-corrected chi connectivity index (χ4v) is 11.7. The summed E-state index contributed by atoms with van der Waals surface area (Å²) in [5, 5.41) is 8.22. The van der Waals surface area contributed by atoms with Crippen LogP contribution >= 0.6 is 34.2 Å².